The predicted octanol–water partition coefficient (Wildman–Crippen LogP) is 6.15. The highest BCUT2D eigenvalue weighted by Crippen LogP contribution is 2.09. The lowest BCUT2D eigenvalue weighted by Crippen LogP contribution is -2.17. The van der Waals surface area contributed by atoms with Gasteiger partial charge >= 0.3 is 0 Å². The molecular formula is C28H39N3O2S. The van der Waals surface area contributed by atoms with Gasteiger partial charge in [0, 0.05) is 23.3 Å². The van der Waals surface area contributed by atoms with Gasteiger partial charge in [-0.25, -0.2) is 5.43 Å². The molecule has 6 heteroatoms. The first-order valence-corrected chi connectivity index (χ1v) is 12.8. The van der Waals surface area contributed by atoms with E-state index in [2.05, 4.69) is 41.7 Å². The number of hydrogen-bond acceptors (Lipinski definition) is 5. The van der Waals surface area contributed by atoms with Crippen molar-refractivity contribution >= 4 is 30.0 Å². The number of hydrogen-bond donors (Lipinski definition) is 1. The maximum Gasteiger partial charge on any atom is 0.271 e. The number of para-hydroxylation sites is 1. The van der Waals surface area contributed by atoms with Crippen LogP contribution < -0.4 is 10.2 Å². The molecule has 2 rings (SSSR count). The average Bonchev–Trinajstić information content (AvgIpc) is 2.86. The molecule has 0 saturated carbocycles. The fraction of sp³-hybridized carbons (Fsp3) is 0.357. The molecule has 0 spiro atoms. The van der Waals surface area contributed by atoms with Crippen molar-refractivity contribution in [1.82, 2.24) is 10.3 Å². The lowest BCUT2D eigenvalue weighted by atomic mass is 10.1. The number of ether oxygens (including phenoxy) is 1. The number of hydrazone groups is 1. The highest BCUT2D eigenvalue weighted by Gasteiger charge is 2.03. The summed E-state index contributed by atoms with van der Waals surface area (Å²) in [4.78, 5) is 14.3. The molecule has 0 saturated heterocycles. The van der Waals surface area contributed by atoms with Crippen molar-refractivity contribution in [3.63, 3.8) is 0 Å². The Morgan fingerprint density at radius 1 is 1.06 bits per heavy atom. The number of allylic oxidation sites excluding steroid dienone is 3. The van der Waals surface area contributed by atoms with Crippen LogP contribution in [-0.4, -0.2) is 55.8 Å². The third-order valence-electron chi connectivity index (χ3n) is 4.48. The van der Waals surface area contributed by atoms with Crippen molar-refractivity contribution in [2.45, 2.75) is 26.7 Å². The van der Waals surface area contributed by atoms with Crippen molar-refractivity contribution in [3.05, 3.63) is 84.0 Å². The minimum Gasteiger partial charge on any atom is -0.493 e. The Kier molecular flexibility index (Phi) is 16.9. The fourth-order valence-electron chi connectivity index (χ4n) is 2.57. The van der Waals surface area contributed by atoms with Crippen LogP contribution in [0.5, 0.6) is 5.75 Å². The summed E-state index contributed by atoms with van der Waals surface area (Å²) in [6, 6.07) is 17.3. The van der Waals surface area contributed by atoms with Gasteiger partial charge in [0.25, 0.3) is 5.91 Å². The molecule has 34 heavy (non-hydrogen) atoms. The van der Waals surface area contributed by atoms with Gasteiger partial charge in [-0.2, -0.15) is 16.9 Å². The molecule has 0 bridgehead atoms. The van der Waals surface area contributed by atoms with E-state index in [9.17, 15) is 4.79 Å². The summed E-state index contributed by atoms with van der Waals surface area (Å²) in [5.41, 5.74) is 4.26. The quantitative estimate of drug-likeness (QED) is 0.161. The number of nitrogens with one attached hydrogen (secondary N) is 1. The maximum absolute atomic E-state index is 12.1. The Balaban J connectivity index is 0.00000133. The number of unbranched alkanes of at least 4 members (excludes halogenated alkanes) is 1. The third kappa shape index (κ3) is 15.1. The number of amides is 1. The summed E-state index contributed by atoms with van der Waals surface area (Å²) in [5, 5.41) is 4.01. The van der Waals surface area contributed by atoms with Crippen molar-refractivity contribution in [2.24, 2.45) is 5.10 Å². The van der Waals surface area contributed by atoms with Gasteiger partial charge < -0.3 is 9.64 Å². The number of benzene rings is 2. The number of thioether (sulfide) groups is 1. The van der Waals surface area contributed by atoms with Crippen molar-refractivity contribution < 1.29 is 9.53 Å². The number of nitrogens with zero attached hydrogens (tertiary/aromatic N) is 2. The largest absolute Gasteiger partial charge is 0.493 e. The van der Waals surface area contributed by atoms with E-state index in [1.54, 1.807) is 18.0 Å². The van der Waals surface area contributed by atoms with Crippen LogP contribution in [0.1, 0.15) is 42.6 Å². The first-order chi connectivity index (χ1) is 16.6. The van der Waals surface area contributed by atoms with Crippen LogP contribution >= 0.6 is 11.8 Å². The Bertz CT molecular complexity index is 859. The highest BCUT2D eigenvalue weighted by molar-refractivity contribution is 7.99. The maximum atomic E-state index is 12.1. The van der Waals surface area contributed by atoms with Crippen LogP contribution in [0.4, 0.5) is 0 Å². The summed E-state index contributed by atoms with van der Waals surface area (Å²) in [6.45, 7) is 5.73. The number of carbonyl (C=O) groups is 1. The Labute approximate surface area is 210 Å². The third-order valence-corrected chi connectivity index (χ3v) is 5.32. The fourth-order valence-corrected chi connectivity index (χ4v) is 3.12. The molecule has 1 amide bonds. The SMILES string of the molecule is C/C=C\C.CN(C)CCC/C=C/c1ccc(C(=O)N/N=C/CSCCOc2ccccc2)cc1. The zero-order chi connectivity index (χ0) is 24.9. The van der Waals surface area contributed by atoms with Crippen LogP contribution in [0.15, 0.2) is 77.9 Å². The lowest BCUT2D eigenvalue weighted by molar-refractivity contribution is 0.0955. The molecule has 0 atom stereocenters. The molecule has 0 aromatic heterocycles. The summed E-state index contributed by atoms with van der Waals surface area (Å²) in [5.74, 6) is 2.25. The molecule has 2 aromatic carbocycles. The van der Waals surface area contributed by atoms with E-state index in [4.69, 9.17) is 4.74 Å². The first kappa shape index (κ1) is 29.2. The second-order valence-electron chi connectivity index (χ2n) is 7.63. The van der Waals surface area contributed by atoms with Gasteiger partial charge in [-0.3, -0.25) is 4.79 Å². The normalized spacial score (nSPS) is 11.2. The smallest absolute Gasteiger partial charge is 0.271 e. The summed E-state index contributed by atoms with van der Waals surface area (Å²) < 4.78 is 5.62. The molecule has 2 aromatic rings. The second-order valence-corrected chi connectivity index (χ2v) is 8.78. The Morgan fingerprint density at radius 3 is 2.41 bits per heavy atom. The Hall–Kier alpha value is -2.83. The molecular weight excluding hydrogens is 442 g/mol. The van der Waals surface area contributed by atoms with Gasteiger partial charge in [0.1, 0.15) is 5.75 Å². The molecule has 0 aliphatic heterocycles. The molecule has 0 fully saturated rings. The van der Waals surface area contributed by atoms with Gasteiger partial charge in [-0.05, 0) is 77.2 Å². The molecule has 5 nitrogen and oxygen atoms in total. The summed E-state index contributed by atoms with van der Waals surface area (Å²) in [7, 11) is 4.16. The highest BCUT2D eigenvalue weighted by atomic mass is 32.2. The topological polar surface area (TPSA) is 53.9 Å². The van der Waals surface area contributed by atoms with Gasteiger partial charge in [0.05, 0.1) is 6.61 Å². The lowest BCUT2D eigenvalue weighted by Gasteiger charge is -2.06. The van der Waals surface area contributed by atoms with Crippen LogP contribution in [-0.2, 0) is 0 Å². The number of rotatable bonds is 13. The zero-order valence-corrected chi connectivity index (χ0v) is 21.8. The first-order valence-electron chi connectivity index (χ1n) is 11.6. The molecule has 0 aliphatic rings. The van der Waals surface area contributed by atoms with Crippen molar-refractivity contribution in [2.75, 3.05) is 38.8 Å². The van der Waals surface area contributed by atoms with Crippen LogP contribution in [0.25, 0.3) is 6.08 Å². The molecule has 1 N–H and O–H groups in total. The zero-order valence-electron chi connectivity index (χ0n) is 20.9. The van der Waals surface area contributed by atoms with E-state index < -0.39 is 0 Å². The summed E-state index contributed by atoms with van der Waals surface area (Å²) in [6.07, 6.45) is 12.2. The van der Waals surface area contributed by atoms with Crippen LogP contribution in [0.3, 0.4) is 0 Å². The van der Waals surface area contributed by atoms with Crippen LogP contribution in [0.2, 0.25) is 0 Å². The van der Waals surface area contributed by atoms with E-state index in [1.165, 1.54) is 0 Å². The van der Waals surface area contributed by atoms with Crippen LogP contribution in [0, 0.1) is 0 Å². The second kappa shape index (κ2) is 19.6. The summed E-state index contributed by atoms with van der Waals surface area (Å²) >= 11 is 1.70. The standard InChI is InChI=1S/C24H31N3O2S.C4H8/c1-27(2)17-8-4-5-9-21-12-14-22(15-13-21)24(28)26-25-16-19-30-20-18-29-23-10-6-3-7-11-23;1-3-4-2/h3,5-7,9-16H,4,8,17-20H2,1-2H3,(H,26,28);3-4H,1-2H3/b9-5+,25-16+;4-3-. The molecule has 184 valence electrons. The average molecular weight is 482 g/mol. The Morgan fingerprint density at radius 2 is 1.76 bits per heavy atom. The molecule has 0 unspecified atom stereocenters. The molecule has 0 aliphatic carbocycles. The van der Waals surface area contributed by atoms with Gasteiger partial charge in [-0.15, -0.1) is 0 Å². The van der Waals surface area contributed by atoms with E-state index >= 15 is 0 Å². The van der Waals surface area contributed by atoms with Crippen molar-refractivity contribution in [3.8, 4) is 5.75 Å². The monoisotopic (exact) mass is 481 g/mol. The predicted molar refractivity (Wildman–Crippen MR) is 149 cm³/mol. The molecule has 0 radical (unpaired) electrons. The van der Waals surface area contributed by atoms with Crippen molar-refractivity contribution in [1.29, 1.82) is 0 Å². The van der Waals surface area contributed by atoms with Gasteiger partial charge in [0.2, 0.25) is 0 Å². The van der Waals surface area contributed by atoms with E-state index in [1.807, 2.05) is 80.6 Å². The number of carbonyl (C=O) groups excluding carboxylic acids is 1. The minimum atomic E-state index is -0.204. The van der Waals surface area contributed by atoms with E-state index in [0.717, 1.165) is 42.2 Å². The molecule has 0 heterocycles. The minimum absolute atomic E-state index is 0.204. The van der Waals surface area contributed by atoms with E-state index in [-0.39, 0.29) is 5.91 Å². The van der Waals surface area contributed by atoms with Gasteiger partial charge in [-0.1, -0.05) is 54.6 Å². The van der Waals surface area contributed by atoms with E-state index in [0.29, 0.717) is 12.2 Å². The van der Waals surface area contributed by atoms with Gasteiger partial charge in [0.15, 0.2) is 0 Å².